The Hall–Kier alpha value is -2.76. The highest BCUT2D eigenvalue weighted by Crippen LogP contribution is 2.33. The minimum Gasteiger partial charge on any atom is -0.365 e. The number of ether oxygens (including phenoxy) is 1. The lowest BCUT2D eigenvalue weighted by Gasteiger charge is -2.27. The maximum absolute atomic E-state index is 13.5. The SMILES string of the molecule is COC1CCCN1NC(=O)C(=N)C1=C(Nc2ccc(Cl)cc2Cl)/C(=C/c2ccc(F)cc2)CS(=O)(=O)C1. The van der Waals surface area contributed by atoms with Crippen LogP contribution in [0.3, 0.4) is 0 Å². The largest absolute Gasteiger partial charge is 0.365 e. The maximum atomic E-state index is 13.5. The topological polar surface area (TPSA) is 112 Å². The fraction of sp³-hybridized carbons (Fsp3) is 0.280. The third-order valence-corrected chi connectivity index (χ3v) is 8.04. The van der Waals surface area contributed by atoms with Gasteiger partial charge < -0.3 is 10.1 Å². The zero-order valence-electron chi connectivity index (χ0n) is 19.9. The van der Waals surface area contributed by atoms with Crippen LogP contribution in [0.15, 0.2) is 59.3 Å². The molecule has 0 aromatic heterocycles. The van der Waals surface area contributed by atoms with Crippen molar-refractivity contribution in [2.75, 3.05) is 30.5 Å². The first-order chi connectivity index (χ1) is 17.6. The summed E-state index contributed by atoms with van der Waals surface area (Å²) in [4.78, 5) is 13.1. The van der Waals surface area contributed by atoms with E-state index in [0.717, 1.165) is 6.42 Å². The number of halogens is 3. The summed E-state index contributed by atoms with van der Waals surface area (Å²) >= 11 is 12.4. The first-order valence-electron chi connectivity index (χ1n) is 11.4. The predicted molar refractivity (Wildman–Crippen MR) is 143 cm³/mol. The van der Waals surface area contributed by atoms with Gasteiger partial charge in [-0.3, -0.25) is 15.6 Å². The van der Waals surface area contributed by atoms with Crippen LogP contribution in [0.25, 0.3) is 6.08 Å². The number of methoxy groups -OCH3 is 1. The van der Waals surface area contributed by atoms with Crippen LogP contribution in [0.2, 0.25) is 10.0 Å². The number of nitrogens with zero attached hydrogens (tertiary/aromatic N) is 1. The smallest absolute Gasteiger partial charge is 0.283 e. The lowest BCUT2D eigenvalue weighted by atomic mass is 10.0. The minimum atomic E-state index is -3.73. The number of amides is 1. The molecule has 0 radical (unpaired) electrons. The van der Waals surface area contributed by atoms with Gasteiger partial charge in [-0.25, -0.2) is 12.8 Å². The summed E-state index contributed by atoms with van der Waals surface area (Å²) in [5.41, 5.74) is 3.65. The number of hydrogen-bond donors (Lipinski definition) is 3. The number of nitrogens with one attached hydrogen (secondary N) is 3. The van der Waals surface area contributed by atoms with Crippen molar-refractivity contribution in [1.82, 2.24) is 10.4 Å². The van der Waals surface area contributed by atoms with Crippen LogP contribution in [-0.4, -0.2) is 56.4 Å². The van der Waals surface area contributed by atoms with E-state index < -0.39 is 33.0 Å². The highest BCUT2D eigenvalue weighted by Gasteiger charge is 2.34. The van der Waals surface area contributed by atoms with E-state index in [0.29, 0.717) is 34.8 Å². The van der Waals surface area contributed by atoms with Crippen LogP contribution in [0.5, 0.6) is 0 Å². The molecule has 2 aromatic rings. The van der Waals surface area contributed by atoms with Crippen molar-refractivity contribution in [3.8, 4) is 0 Å². The van der Waals surface area contributed by atoms with Gasteiger partial charge in [0.1, 0.15) is 17.8 Å². The number of anilines is 1. The summed E-state index contributed by atoms with van der Waals surface area (Å²) in [5.74, 6) is -2.08. The molecule has 1 atom stereocenters. The van der Waals surface area contributed by atoms with E-state index in [9.17, 15) is 17.6 Å². The number of carbonyl (C=O) groups excluding carboxylic acids is 1. The quantitative estimate of drug-likeness (QED) is 0.427. The predicted octanol–water partition coefficient (Wildman–Crippen LogP) is 4.43. The Morgan fingerprint density at radius 1 is 1.19 bits per heavy atom. The number of rotatable bonds is 7. The Morgan fingerprint density at radius 3 is 2.59 bits per heavy atom. The van der Waals surface area contributed by atoms with Crippen LogP contribution >= 0.6 is 23.2 Å². The first-order valence-corrected chi connectivity index (χ1v) is 14.0. The highest BCUT2D eigenvalue weighted by molar-refractivity contribution is 7.91. The molecule has 0 bridgehead atoms. The lowest BCUT2D eigenvalue weighted by molar-refractivity contribution is -0.124. The summed E-state index contributed by atoms with van der Waals surface area (Å²) < 4.78 is 44.7. The summed E-state index contributed by atoms with van der Waals surface area (Å²) in [6.45, 7) is 0.538. The average molecular weight is 567 g/mol. The number of allylic oxidation sites excluding steroid dienone is 1. The molecule has 2 aromatic carbocycles. The number of hydrazine groups is 1. The molecule has 12 heteroatoms. The van der Waals surface area contributed by atoms with Crippen LogP contribution in [-0.2, 0) is 19.4 Å². The normalized spacial score (nSPS) is 20.8. The standard InChI is InChI=1S/C25H25Cl2FN4O4S/c1-36-22-3-2-10-32(22)31-25(33)23(29)19-14-37(34,35)13-16(11-15-4-7-18(28)8-5-15)24(19)30-21-9-6-17(26)12-20(21)27/h4-9,11-12,22,29-30H,2-3,10,13-14H2,1H3,(H,31,33)/b16-11+,29-23?. The molecule has 1 saturated heterocycles. The van der Waals surface area contributed by atoms with Crippen LogP contribution in [0, 0.1) is 11.2 Å². The maximum Gasteiger partial charge on any atom is 0.283 e. The zero-order chi connectivity index (χ0) is 26.7. The van der Waals surface area contributed by atoms with Crippen molar-refractivity contribution >= 4 is 56.4 Å². The van der Waals surface area contributed by atoms with Crippen LogP contribution in [0.1, 0.15) is 18.4 Å². The van der Waals surface area contributed by atoms with E-state index >= 15 is 0 Å². The Kier molecular flexibility index (Phi) is 8.35. The Balaban J connectivity index is 1.79. The minimum absolute atomic E-state index is 0.0173. The number of sulfone groups is 1. The molecular weight excluding hydrogens is 542 g/mol. The summed E-state index contributed by atoms with van der Waals surface area (Å²) in [5, 5.41) is 14.0. The molecule has 0 saturated carbocycles. The Bertz CT molecular complexity index is 1390. The fourth-order valence-electron chi connectivity index (χ4n) is 4.23. The molecular formula is C25H25Cl2FN4O4S. The van der Waals surface area contributed by atoms with Gasteiger partial charge >= 0.3 is 0 Å². The van der Waals surface area contributed by atoms with Crippen molar-refractivity contribution < 1.29 is 22.3 Å². The third-order valence-electron chi connectivity index (χ3n) is 6.01. The Morgan fingerprint density at radius 2 is 1.92 bits per heavy atom. The van der Waals surface area contributed by atoms with Crippen molar-refractivity contribution in [1.29, 1.82) is 5.41 Å². The van der Waals surface area contributed by atoms with Gasteiger partial charge in [-0.15, -0.1) is 0 Å². The van der Waals surface area contributed by atoms with E-state index in [1.54, 1.807) is 23.2 Å². The van der Waals surface area contributed by atoms with Gasteiger partial charge in [0.2, 0.25) is 0 Å². The molecule has 1 fully saturated rings. The lowest BCUT2D eigenvalue weighted by Crippen LogP contribution is -2.49. The number of benzene rings is 2. The van der Waals surface area contributed by atoms with Crippen molar-refractivity contribution in [3.63, 3.8) is 0 Å². The molecule has 2 heterocycles. The average Bonchev–Trinajstić information content (AvgIpc) is 3.29. The molecule has 196 valence electrons. The molecule has 0 spiro atoms. The number of hydrogen-bond acceptors (Lipinski definition) is 7. The fourth-order valence-corrected chi connectivity index (χ4v) is 6.22. The molecule has 37 heavy (non-hydrogen) atoms. The van der Waals surface area contributed by atoms with Crippen LogP contribution < -0.4 is 10.7 Å². The van der Waals surface area contributed by atoms with Crippen molar-refractivity contribution in [3.05, 3.63) is 80.7 Å². The molecule has 1 amide bonds. The second-order valence-electron chi connectivity index (χ2n) is 8.70. The molecule has 0 aliphatic carbocycles. The van der Waals surface area contributed by atoms with Gasteiger partial charge in [0, 0.05) is 29.9 Å². The van der Waals surface area contributed by atoms with E-state index in [1.807, 2.05) is 0 Å². The highest BCUT2D eigenvalue weighted by atomic mass is 35.5. The van der Waals surface area contributed by atoms with Gasteiger partial charge in [-0.1, -0.05) is 35.3 Å². The summed E-state index contributed by atoms with van der Waals surface area (Å²) in [6, 6.07) is 10.3. The van der Waals surface area contributed by atoms with Crippen LogP contribution in [0.4, 0.5) is 10.1 Å². The summed E-state index contributed by atoms with van der Waals surface area (Å²) in [7, 11) is -2.20. The van der Waals surface area contributed by atoms with Crippen molar-refractivity contribution in [2.45, 2.75) is 19.1 Å². The van der Waals surface area contributed by atoms with Gasteiger partial charge in [-0.05, 0) is 60.4 Å². The van der Waals surface area contributed by atoms with E-state index in [4.69, 9.17) is 33.3 Å². The summed E-state index contributed by atoms with van der Waals surface area (Å²) in [6.07, 6.45) is 2.76. The second-order valence-corrected chi connectivity index (χ2v) is 11.6. The zero-order valence-corrected chi connectivity index (χ0v) is 22.2. The molecule has 2 aliphatic rings. The third kappa shape index (κ3) is 6.58. The van der Waals surface area contributed by atoms with E-state index in [-0.39, 0.29) is 28.3 Å². The molecule has 1 unspecified atom stereocenters. The van der Waals surface area contributed by atoms with Gasteiger partial charge in [0.05, 0.1) is 22.2 Å². The van der Waals surface area contributed by atoms with Crippen molar-refractivity contribution in [2.24, 2.45) is 0 Å². The van der Waals surface area contributed by atoms with Gasteiger partial charge in [-0.2, -0.15) is 5.01 Å². The molecule has 4 rings (SSSR count). The molecule has 3 N–H and O–H groups in total. The molecule has 8 nitrogen and oxygen atoms in total. The first kappa shape index (κ1) is 27.3. The van der Waals surface area contributed by atoms with E-state index in [1.165, 1.54) is 37.4 Å². The van der Waals surface area contributed by atoms with E-state index in [2.05, 4.69) is 10.7 Å². The number of carbonyl (C=O) groups is 1. The Labute approximate surface area is 224 Å². The second kappa shape index (κ2) is 11.3. The van der Waals surface area contributed by atoms with Gasteiger partial charge in [0.15, 0.2) is 9.84 Å². The monoisotopic (exact) mass is 566 g/mol. The molecule has 2 aliphatic heterocycles. The van der Waals surface area contributed by atoms with Gasteiger partial charge in [0.25, 0.3) is 5.91 Å².